The van der Waals surface area contributed by atoms with Crippen molar-refractivity contribution in [3.63, 3.8) is 0 Å². The van der Waals surface area contributed by atoms with Crippen LogP contribution in [0.1, 0.15) is 18.1 Å². The van der Waals surface area contributed by atoms with Crippen LogP contribution in [0.4, 0.5) is 14.9 Å². The average Bonchev–Trinajstić information content (AvgIpc) is 2.56. The summed E-state index contributed by atoms with van der Waals surface area (Å²) >= 11 is 0. The first-order valence-electron chi connectivity index (χ1n) is 7.14. The van der Waals surface area contributed by atoms with E-state index in [-0.39, 0.29) is 23.4 Å². The van der Waals surface area contributed by atoms with E-state index in [1.165, 1.54) is 25.1 Å². The lowest BCUT2D eigenvalue weighted by atomic mass is 10.1. The molecule has 2 aromatic rings. The monoisotopic (exact) mass is 329 g/mol. The fourth-order valence-corrected chi connectivity index (χ4v) is 1.89. The van der Waals surface area contributed by atoms with Crippen LogP contribution in [0.2, 0.25) is 0 Å². The van der Waals surface area contributed by atoms with E-state index in [1.807, 2.05) is 30.3 Å². The second-order valence-corrected chi connectivity index (χ2v) is 5.06. The maximum Gasteiger partial charge on any atom is 0.411 e. The third kappa shape index (κ3) is 4.95. The maximum atomic E-state index is 13.9. The molecule has 1 amide bonds. The van der Waals surface area contributed by atoms with Gasteiger partial charge in [-0.05, 0) is 36.8 Å². The Hall–Kier alpha value is -3.15. The number of carbonyl (C=O) groups is 2. The number of halogens is 1. The van der Waals surface area contributed by atoms with Crippen LogP contribution in [0.5, 0.6) is 0 Å². The molecular formula is C18H16FNO4. The molecule has 0 radical (unpaired) electrons. The highest BCUT2D eigenvalue weighted by Crippen LogP contribution is 2.17. The molecule has 0 spiro atoms. The number of aliphatic carboxylic acids is 1. The summed E-state index contributed by atoms with van der Waals surface area (Å²) in [4.78, 5) is 22.5. The zero-order valence-corrected chi connectivity index (χ0v) is 13.0. The van der Waals surface area contributed by atoms with Gasteiger partial charge in [-0.25, -0.2) is 14.0 Å². The number of rotatable bonds is 5. The van der Waals surface area contributed by atoms with E-state index in [0.29, 0.717) is 0 Å². The number of nitrogens with one attached hydrogen (secondary N) is 1. The lowest BCUT2D eigenvalue weighted by molar-refractivity contribution is -0.132. The van der Waals surface area contributed by atoms with E-state index in [2.05, 4.69) is 5.32 Å². The van der Waals surface area contributed by atoms with Crippen LogP contribution in [0.3, 0.4) is 0 Å². The normalized spacial score (nSPS) is 11.0. The summed E-state index contributed by atoms with van der Waals surface area (Å²) in [6.07, 6.45) is 0.512. The second kappa shape index (κ2) is 7.92. The van der Waals surface area contributed by atoms with Crippen molar-refractivity contribution in [1.29, 1.82) is 0 Å². The summed E-state index contributed by atoms with van der Waals surface area (Å²) in [5, 5.41) is 11.2. The van der Waals surface area contributed by atoms with E-state index in [0.717, 1.165) is 11.6 Å². The molecule has 0 heterocycles. The largest absolute Gasteiger partial charge is 0.478 e. The second-order valence-electron chi connectivity index (χ2n) is 5.06. The predicted octanol–water partition coefficient (Wildman–Crippen LogP) is 4.06. The Kier molecular flexibility index (Phi) is 5.68. The molecule has 2 N–H and O–H groups in total. The van der Waals surface area contributed by atoms with Crippen LogP contribution in [0.25, 0.3) is 6.08 Å². The van der Waals surface area contributed by atoms with Crippen molar-refractivity contribution < 1.29 is 23.8 Å². The zero-order valence-electron chi connectivity index (χ0n) is 13.0. The number of carboxylic acid groups (broad SMARTS) is 1. The standard InChI is InChI=1S/C18H16FNO4/c1-12(17(21)22)9-14-7-8-15(10-16(14)19)20-18(23)24-11-13-5-3-2-4-6-13/h2-10H,11H2,1H3,(H,20,23)(H,21,22). The van der Waals surface area contributed by atoms with Gasteiger partial charge < -0.3 is 9.84 Å². The Labute approximate surface area is 138 Å². The maximum absolute atomic E-state index is 13.9. The number of ether oxygens (including phenoxy) is 1. The SMILES string of the molecule is CC(=Cc1ccc(NC(=O)OCc2ccccc2)cc1F)C(=O)O. The Balaban J connectivity index is 1.98. The Bertz CT molecular complexity index is 772. The predicted molar refractivity (Wildman–Crippen MR) is 87.9 cm³/mol. The topological polar surface area (TPSA) is 75.6 Å². The molecule has 6 heteroatoms. The van der Waals surface area contributed by atoms with E-state index in [4.69, 9.17) is 9.84 Å². The van der Waals surface area contributed by atoms with Crippen molar-refractivity contribution >= 4 is 23.8 Å². The molecule has 0 fully saturated rings. The molecule has 24 heavy (non-hydrogen) atoms. The molecule has 0 unspecified atom stereocenters. The van der Waals surface area contributed by atoms with E-state index in [1.54, 1.807) is 0 Å². The first-order valence-corrected chi connectivity index (χ1v) is 7.14. The van der Waals surface area contributed by atoms with Crippen LogP contribution in [-0.4, -0.2) is 17.2 Å². The van der Waals surface area contributed by atoms with Crippen molar-refractivity contribution in [3.8, 4) is 0 Å². The van der Waals surface area contributed by atoms with Crippen molar-refractivity contribution in [2.45, 2.75) is 13.5 Å². The van der Waals surface area contributed by atoms with E-state index >= 15 is 0 Å². The number of benzene rings is 2. The molecule has 0 atom stereocenters. The fraction of sp³-hybridized carbons (Fsp3) is 0.111. The van der Waals surface area contributed by atoms with Crippen molar-refractivity contribution in [3.05, 3.63) is 71.0 Å². The van der Waals surface area contributed by atoms with Gasteiger partial charge in [-0.2, -0.15) is 0 Å². The van der Waals surface area contributed by atoms with Gasteiger partial charge in [-0.1, -0.05) is 30.3 Å². The molecule has 5 nitrogen and oxygen atoms in total. The van der Waals surface area contributed by atoms with Gasteiger partial charge in [0.05, 0.1) is 0 Å². The average molecular weight is 329 g/mol. The van der Waals surface area contributed by atoms with Crippen LogP contribution in [0.15, 0.2) is 54.1 Å². The summed E-state index contributed by atoms with van der Waals surface area (Å²) in [5.74, 6) is -1.77. The Morgan fingerprint density at radius 1 is 1.21 bits per heavy atom. The Morgan fingerprint density at radius 3 is 2.54 bits per heavy atom. The molecule has 2 rings (SSSR count). The van der Waals surface area contributed by atoms with Gasteiger partial charge in [-0.15, -0.1) is 0 Å². The summed E-state index contributed by atoms with van der Waals surface area (Å²) < 4.78 is 19.0. The lowest BCUT2D eigenvalue weighted by Crippen LogP contribution is -2.13. The van der Waals surface area contributed by atoms with Crippen LogP contribution in [-0.2, 0) is 16.1 Å². The highest BCUT2D eigenvalue weighted by atomic mass is 19.1. The molecule has 2 aromatic carbocycles. The lowest BCUT2D eigenvalue weighted by Gasteiger charge is -2.08. The van der Waals surface area contributed by atoms with Gasteiger partial charge >= 0.3 is 12.1 Å². The number of anilines is 1. The highest BCUT2D eigenvalue weighted by Gasteiger charge is 2.08. The first kappa shape index (κ1) is 17.2. The summed E-state index contributed by atoms with van der Waals surface area (Å²) in [6.45, 7) is 1.47. The van der Waals surface area contributed by atoms with E-state index in [9.17, 15) is 14.0 Å². The summed E-state index contributed by atoms with van der Waals surface area (Å²) in [7, 11) is 0. The molecule has 0 aliphatic rings. The van der Waals surface area contributed by atoms with Gasteiger partial charge in [-0.3, -0.25) is 5.32 Å². The third-order valence-corrected chi connectivity index (χ3v) is 3.17. The number of hydrogen-bond acceptors (Lipinski definition) is 3. The molecule has 0 aliphatic carbocycles. The van der Waals surface area contributed by atoms with Crippen molar-refractivity contribution in [1.82, 2.24) is 0 Å². The van der Waals surface area contributed by atoms with Crippen molar-refractivity contribution in [2.24, 2.45) is 0 Å². The van der Waals surface area contributed by atoms with Gasteiger partial charge in [0.25, 0.3) is 0 Å². The van der Waals surface area contributed by atoms with Crippen molar-refractivity contribution in [2.75, 3.05) is 5.32 Å². The molecule has 0 aliphatic heterocycles. The first-order chi connectivity index (χ1) is 11.5. The molecule has 124 valence electrons. The number of hydrogen-bond donors (Lipinski definition) is 2. The minimum absolute atomic E-state index is 0.0110. The molecular weight excluding hydrogens is 313 g/mol. The van der Waals surface area contributed by atoms with Crippen LogP contribution in [0, 0.1) is 5.82 Å². The number of carbonyl (C=O) groups excluding carboxylic acids is 1. The summed E-state index contributed by atoms with van der Waals surface area (Å²) in [6, 6.07) is 13.1. The smallest absolute Gasteiger partial charge is 0.411 e. The quantitative estimate of drug-likeness (QED) is 0.811. The molecule has 0 bridgehead atoms. The highest BCUT2D eigenvalue weighted by molar-refractivity contribution is 5.91. The van der Waals surface area contributed by atoms with Gasteiger partial charge in [0, 0.05) is 16.8 Å². The minimum Gasteiger partial charge on any atom is -0.478 e. The summed E-state index contributed by atoms with van der Waals surface area (Å²) in [5.41, 5.74) is 1.19. The van der Waals surface area contributed by atoms with Crippen LogP contribution >= 0.6 is 0 Å². The number of amides is 1. The fourth-order valence-electron chi connectivity index (χ4n) is 1.89. The van der Waals surface area contributed by atoms with Gasteiger partial charge in [0.1, 0.15) is 12.4 Å². The third-order valence-electron chi connectivity index (χ3n) is 3.17. The number of carboxylic acids is 1. The molecule has 0 saturated carbocycles. The molecule has 0 aromatic heterocycles. The zero-order chi connectivity index (χ0) is 17.5. The minimum atomic E-state index is -1.12. The van der Waals surface area contributed by atoms with E-state index < -0.39 is 17.9 Å². The Morgan fingerprint density at radius 2 is 1.92 bits per heavy atom. The van der Waals surface area contributed by atoms with Gasteiger partial charge in [0.15, 0.2) is 0 Å². The van der Waals surface area contributed by atoms with Crippen LogP contribution < -0.4 is 5.32 Å². The van der Waals surface area contributed by atoms with Gasteiger partial charge in [0.2, 0.25) is 0 Å². The molecule has 0 saturated heterocycles.